The summed E-state index contributed by atoms with van der Waals surface area (Å²) in [7, 11) is 0. The zero-order chi connectivity index (χ0) is 16.8. The molecule has 0 saturated carbocycles. The van der Waals surface area contributed by atoms with E-state index in [1.807, 2.05) is 50.6 Å². The van der Waals surface area contributed by atoms with Gasteiger partial charge in [-0.25, -0.2) is 4.98 Å². The number of anilines is 1. The van der Waals surface area contributed by atoms with Crippen molar-refractivity contribution in [1.82, 2.24) is 14.9 Å². The molecule has 0 spiro atoms. The minimum atomic E-state index is -0.279. The van der Waals surface area contributed by atoms with Crippen molar-refractivity contribution in [3.05, 3.63) is 48.0 Å². The Morgan fingerprint density at radius 2 is 1.91 bits per heavy atom. The van der Waals surface area contributed by atoms with Crippen LogP contribution in [0.1, 0.15) is 32.0 Å². The summed E-state index contributed by atoms with van der Waals surface area (Å²) in [6.07, 6.45) is 3.69. The first-order valence-corrected chi connectivity index (χ1v) is 8.05. The maximum Gasteiger partial charge on any atom is 0.241 e. The molecule has 5 heteroatoms. The average molecular weight is 314 g/mol. The number of nitrogens with zero attached hydrogens (tertiary/aromatic N) is 2. The van der Waals surface area contributed by atoms with Crippen molar-refractivity contribution >= 4 is 11.6 Å². The summed E-state index contributed by atoms with van der Waals surface area (Å²) in [5.74, 6) is 0.522. The van der Waals surface area contributed by atoms with Crippen LogP contribution in [0.15, 0.2) is 36.8 Å². The Balaban J connectivity index is 1.86. The Morgan fingerprint density at radius 1 is 1.22 bits per heavy atom. The Hall–Kier alpha value is -2.14. The number of rotatable bonds is 7. The van der Waals surface area contributed by atoms with E-state index in [-0.39, 0.29) is 11.9 Å². The Kier molecular flexibility index (Phi) is 5.93. The molecule has 2 N–H and O–H groups in total. The summed E-state index contributed by atoms with van der Waals surface area (Å²) < 4.78 is 2.13. The molecule has 0 fully saturated rings. The van der Waals surface area contributed by atoms with Crippen molar-refractivity contribution in [2.24, 2.45) is 5.92 Å². The van der Waals surface area contributed by atoms with Crippen LogP contribution >= 0.6 is 0 Å². The molecule has 0 aliphatic rings. The number of hydrogen-bond acceptors (Lipinski definition) is 3. The van der Waals surface area contributed by atoms with Gasteiger partial charge in [0.15, 0.2) is 0 Å². The first-order chi connectivity index (χ1) is 11.0. The second kappa shape index (κ2) is 7.92. The number of carbonyl (C=O) groups is 1. The van der Waals surface area contributed by atoms with Crippen LogP contribution in [0.5, 0.6) is 0 Å². The molecule has 5 nitrogen and oxygen atoms in total. The molecule has 2 rings (SSSR count). The van der Waals surface area contributed by atoms with Crippen LogP contribution < -0.4 is 10.6 Å². The maximum absolute atomic E-state index is 12.2. The van der Waals surface area contributed by atoms with Crippen LogP contribution in [0.4, 0.5) is 5.69 Å². The van der Waals surface area contributed by atoms with E-state index in [1.54, 1.807) is 0 Å². The Labute approximate surface area is 138 Å². The van der Waals surface area contributed by atoms with E-state index in [0.29, 0.717) is 12.5 Å². The lowest BCUT2D eigenvalue weighted by Gasteiger charge is -2.16. The third-order valence-electron chi connectivity index (χ3n) is 3.66. The molecule has 1 heterocycles. The van der Waals surface area contributed by atoms with Gasteiger partial charge in [0.2, 0.25) is 5.91 Å². The molecular formula is C18H26N4O. The van der Waals surface area contributed by atoms with Crippen molar-refractivity contribution in [2.75, 3.05) is 5.32 Å². The number of aromatic nitrogens is 2. The summed E-state index contributed by atoms with van der Waals surface area (Å²) in [4.78, 5) is 16.4. The van der Waals surface area contributed by atoms with E-state index in [9.17, 15) is 4.79 Å². The van der Waals surface area contributed by atoms with Gasteiger partial charge in [-0.2, -0.15) is 0 Å². The van der Waals surface area contributed by atoms with E-state index in [1.165, 1.54) is 5.56 Å². The van der Waals surface area contributed by atoms with Gasteiger partial charge in [-0.15, -0.1) is 0 Å². The molecule has 124 valence electrons. The number of carbonyl (C=O) groups excluding carboxylic acids is 1. The van der Waals surface area contributed by atoms with Gasteiger partial charge in [-0.1, -0.05) is 31.5 Å². The predicted molar refractivity (Wildman–Crippen MR) is 93.2 cm³/mol. The van der Waals surface area contributed by atoms with Crippen LogP contribution in [0.2, 0.25) is 0 Å². The largest absolute Gasteiger partial charge is 0.333 e. The van der Waals surface area contributed by atoms with E-state index < -0.39 is 0 Å². The number of amides is 1. The van der Waals surface area contributed by atoms with Gasteiger partial charge < -0.3 is 15.2 Å². The highest BCUT2D eigenvalue weighted by Gasteiger charge is 2.13. The van der Waals surface area contributed by atoms with Gasteiger partial charge >= 0.3 is 0 Å². The van der Waals surface area contributed by atoms with Gasteiger partial charge in [-0.05, 0) is 31.9 Å². The molecule has 0 unspecified atom stereocenters. The number of benzene rings is 1. The smallest absolute Gasteiger partial charge is 0.241 e. The third-order valence-corrected chi connectivity index (χ3v) is 3.66. The summed E-state index contributed by atoms with van der Waals surface area (Å²) in [5, 5.41) is 6.18. The lowest BCUT2D eigenvalue weighted by atomic mass is 10.2. The van der Waals surface area contributed by atoms with Crippen LogP contribution in [-0.4, -0.2) is 21.5 Å². The molecule has 0 aliphatic heterocycles. The molecule has 1 aromatic heterocycles. The first kappa shape index (κ1) is 17.2. The molecule has 0 saturated heterocycles. The first-order valence-electron chi connectivity index (χ1n) is 8.05. The van der Waals surface area contributed by atoms with Crippen molar-refractivity contribution in [2.45, 2.75) is 46.8 Å². The molecule has 0 bridgehead atoms. The Bertz CT molecular complexity index is 631. The number of nitrogens with one attached hydrogen (secondary N) is 2. The van der Waals surface area contributed by atoms with Crippen LogP contribution in [-0.2, 0) is 17.9 Å². The van der Waals surface area contributed by atoms with Crippen LogP contribution in [0.3, 0.4) is 0 Å². The fourth-order valence-corrected chi connectivity index (χ4v) is 2.29. The number of imidazole rings is 1. The van der Waals surface area contributed by atoms with Gasteiger partial charge in [-0.3, -0.25) is 4.79 Å². The SMILES string of the molecule is Cc1ccc(NC(=O)[C@H](C)NCc2cncn2CC(C)C)cc1. The molecule has 1 aromatic carbocycles. The normalized spacial score (nSPS) is 12.4. The number of hydrogen-bond donors (Lipinski definition) is 2. The van der Waals surface area contributed by atoms with Crippen molar-refractivity contribution < 1.29 is 4.79 Å². The molecule has 1 atom stereocenters. The maximum atomic E-state index is 12.2. The van der Waals surface area contributed by atoms with Crippen molar-refractivity contribution in [3.63, 3.8) is 0 Å². The topological polar surface area (TPSA) is 59.0 Å². The standard InChI is InChI=1S/C18H26N4O/c1-13(2)11-22-12-19-9-17(22)10-20-15(4)18(23)21-16-7-5-14(3)6-8-16/h5-9,12-13,15,20H,10-11H2,1-4H3,(H,21,23)/t15-/m0/s1. The molecule has 23 heavy (non-hydrogen) atoms. The minimum Gasteiger partial charge on any atom is -0.333 e. The average Bonchev–Trinajstić information content (AvgIpc) is 2.93. The van der Waals surface area contributed by atoms with Crippen molar-refractivity contribution in [1.29, 1.82) is 0 Å². The highest BCUT2D eigenvalue weighted by Crippen LogP contribution is 2.09. The Morgan fingerprint density at radius 3 is 2.57 bits per heavy atom. The van der Waals surface area contributed by atoms with E-state index >= 15 is 0 Å². The van der Waals surface area contributed by atoms with Gasteiger partial charge in [0.25, 0.3) is 0 Å². The molecular weight excluding hydrogens is 288 g/mol. The predicted octanol–water partition coefficient (Wildman–Crippen LogP) is 2.96. The van der Waals surface area contributed by atoms with Gasteiger partial charge in [0.1, 0.15) is 0 Å². The molecule has 2 aromatic rings. The highest BCUT2D eigenvalue weighted by molar-refractivity contribution is 5.94. The summed E-state index contributed by atoms with van der Waals surface area (Å²) in [5.41, 5.74) is 3.08. The zero-order valence-electron chi connectivity index (χ0n) is 14.3. The highest BCUT2D eigenvalue weighted by atomic mass is 16.2. The fraction of sp³-hybridized carbons (Fsp3) is 0.444. The third kappa shape index (κ3) is 5.21. The van der Waals surface area contributed by atoms with E-state index in [4.69, 9.17) is 0 Å². The monoisotopic (exact) mass is 314 g/mol. The zero-order valence-corrected chi connectivity index (χ0v) is 14.3. The summed E-state index contributed by atoms with van der Waals surface area (Å²) in [6.45, 7) is 9.79. The second-order valence-electron chi connectivity index (χ2n) is 6.39. The quantitative estimate of drug-likeness (QED) is 0.826. The fourth-order valence-electron chi connectivity index (χ4n) is 2.29. The molecule has 0 aliphatic carbocycles. The summed E-state index contributed by atoms with van der Waals surface area (Å²) >= 11 is 0. The van der Waals surface area contributed by atoms with Crippen LogP contribution in [0.25, 0.3) is 0 Å². The summed E-state index contributed by atoms with van der Waals surface area (Å²) in [6, 6.07) is 7.52. The molecule has 0 radical (unpaired) electrons. The van der Waals surface area contributed by atoms with E-state index in [2.05, 4.69) is 34.0 Å². The van der Waals surface area contributed by atoms with Gasteiger partial charge in [0.05, 0.1) is 18.1 Å². The molecule has 1 amide bonds. The lowest BCUT2D eigenvalue weighted by Crippen LogP contribution is -2.38. The lowest BCUT2D eigenvalue weighted by molar-refractivity contribution is -0.117. The second-order valence-corrected chi connectivity index (χ2v) is 6.39. The van der Waals surface area contributed by atoms with Gasteiger partial charge in [0, 0.05) is 25.0 Å². The van der Waals surface area contributed by atoms with Crippen molar-refractivity contribution in [3.8, 4) is 0 Å². The number of aryl methyl sites for hydroxylation is 1. The van der Waals surface area contributed by atoms with E-state index in [0.717, 1.165) is 17.9 Å². The van der Waals surface area contributed by atoms with Crippen LogP contribution in [0, 0.1) is 12.8 Å². The minimum absolute atomic E-state index is 0.0382.